The lowest BCUT2D eigenvalue weighted by Crippen LogP contribution is -2.10. The molecule has 0 aliphatic rings. The van der Waals surface area contributed by atoms with Crippen molar-refractivity contribution in [2.45, 2.75) is 52.9 Å². The van der Waals surface area contributed by atoms with E-state index < -0.39 is 0 Å². The molecule has 0 aliphatic carbocycles. The van der Waals surface area contributed by atoms with E-state index in [4.69, 9.17) is 0 Å². The molecule has 0 aliphatic heterocycles. The quantitative estimate of drug-likeness (QED) is 0.684. The third-order valence-electron chi connectivity index (χ3n) is 3.19. The van der Waals surface area contributed by atoms with Crippen molar-refractivity contribution in [2.75, 3.05) is 17.2 Å². The number of amides is 1. The maximum absolute atomic E-state index is 11.4. The van der Waals surface area contributed by atoms with Gasteiger partial charge in [0.25, 0.3) is 0 Å². The molecule has 0 saturated carbocycles. The van der Waals surface area contributed by atoms with Crippen LogP contribution in [-0.2, 0) is 4.79 Å². The highest BCUT2D eigenvalue weighted by Crippen LogP contribution is 2.20. The molecule has 19 heavy (non-hydrogen) atoms. The topological polar surface area (TPSA) is 41.1 Å². The zero-order valence-electron chi connectivity index (χ0n) is 12.4. The average molecular weight is 262 g/mol. The molecule has 1 amide bonds. The van der Waals surface area contributed by atoms with E-state index >= 15 is 0 Å². The van der Waals surface area contributed by atoms with Gasteiger partial charge in [-0.05, 0) is 31.0 Å². The molecule has 0 heterocycles. The first-order valence-corrected chi connectivity index (χ1v) is 7.31. The van der Waals surface area contributed by atoms with Gasteiger partial charge in [-0.1, -0.05) is 39.2 Å². The number of hydrogen-bond donors (Lipinski definition) is 2. The Morgan fingerprint density at radius 3 is 2.63 bits per heavy atom. The third-order valence-corrected chi connectivity index (χ3v) is 3.19. The van der Waals surface area contributed by atoms with Crippen LogP contribution in [0.4, 0.5) is 11.4 Å². The summed E-state index contributed by atoms with van der Waals surface area (Å²) < 4.78 is 0. The van der Waals surface area contributed by atoms with E-state index in [0.717, 1.165) is 17.9 Å². The molecule has 2 N–H and O–H groups in total. The molecule has 1 aromatic rings. The lowest BCUT2D eigenvalue weighted by Gasteiger charge is -2.12. The fourth-order valence-corrected chi connectivity index (χ4v) is 1.91. The first-order valence-electron chi connectivity index (χ1n) is 7.31. The Morgan fingerprint density at radius 2 is 1.95 bits per heavy atom. The van der Waals surface area contributed by atoms with E-state index in [2.05, 4.69) is 24.5 Å². The first kappa shape index (κ1) is 15.5. The predicted molar refractivity (Wildman–Crippen MR) is 82.7 cm³/mol. The molecule has 0 spiro atoms. The summed E-state index contributed by atoms with van der Waals surface area (Å²) in [4.78, 5) is 11.4. The first-order chi connectivity index (χ1) is 9.17. The molecule has 3 nitrogen and oxygen atoms in total. The Bertz CT molecular complexity index is 402. The van der Waals surface area contributed by atoms with Gasteiger partial charge in [-0.25, -0.2) is 0 Å². The van der Waals surface area contributed by atoms with Gasteiger partial charge < -0.3 is 10.6 Å². The van der Waals surface area contributed by atoms with Crippen molar-refractivity contribution in [3.05, 3.63) is 23.8 Å². The van der Waals surface area contributed by atoms with Gasteiger partial charge in [0.2, 0.25) is 5.91 Å². The van der Waals surface area contributed by atoms with E-state index in [1.54, 1.807) is 0 Å². The Balaban J connectivity index is 2.51. The summed E-state index contributed by atoms with van der Waals surface area (Å²) in [6.45, 7) is 7.15. The highest BCUT2D eigenvalue weighted by Gasteiger charge is 2.02. The molecular weight excluding hydrogens is 236 g/mol. The van der Waals surface area contributed by atoms with Crippen LogP contribution >= 0.6 is 0 Å². The summed E-state index contributed by atoms with van der Waals surface area (Å²) in [7, 11) is 0. The molecule has 0 radical (unpaired) electrons. The van der Waals surface area contributed by atoms with Crippen molar-refractivity contribution in [1.82, 2.24) is 0 Å². The average Bonchev–Trinajstić information content (AvgIpc) is 2.41. The van der Waals surface area contributed by atoms with E-state index in [9.17, 15) is 4.79 Å². The molecule has 1 rings (SSSR count). The molecule has 0 fully saturated rings. The minimum atomic E-state index is 0.0535. The third kappa shape index (κ3) is 5.77. The van der Waals surface area contributed by atoms with Crippen LogP contribution in [0.1, 0.15) is 51.5 Å². The summed E-state index contributed by atoms with van der Waals surface area (Å²) in [5, 5.41) is 6.34. The molecule has 3 heteroatoms. The van der Waals surface area contributed by atoms with Gasteiger partial charge in [0.15, 0.2) is 0 Å². The van der Waals surface area contributed by atoms with Gasteiger partial charge in [0.1, 0.15) is 0 Å². The van der Waals surface area contributed by atoms with E-state index in [-0.39, 0.29) is 5.91 Å². The van der Waals surface area contributed by atoms with Gasteiger partial charge in [-0.2, -0.15) is 0 Å². The van der Waals surface area contributed by atoms with Crippen LogP contribution in [0.2, 0.25) is 0 Å². The number of unbranched alkanes of at least 4 members (excludes halogenated alkanes) is 3. The van der Waals surface area contributed by atoms with Gasteiger partial charge in [-0.15, -0.1) is 0 Å². The Kier molecular flexibility index (Phi) is 7.01. The van der Waals surface area contributed by atoms with Crippen LogP contribution in [-0.4, -0.2) is 12.5 Å². The number of anilines is 2. The number of aryl methyl sites for hydroxylation is 1. The predicted octanol–water partition coefficient (Wildman–Crippen LogP) is 4.34. The van der Waals surface area contributed by atoms with Crippen molar-refractivity contribution < 1.29 is 4.79 Å². The zero-order valence-corrected chi connectivity index (χ0v) is 12.4. The SMILES string of the molecule is CCCCCCNc1cc(NC(=O)CC)ccc1C. The molecule has 0 saturated heterocycles. The second-order valence-corrected chi connectivity index (χ2v) is 4.92. The molecular formula is C16H26N2O. The molecule has 0 aromatic heterocycles. The van der Waals surface area contributed by atoms with Crippen molar-refractivity contribution >= 4 is 17.3 Å². The lowest BCUT2D eigenvalue weighted by atomic mass is 10.1. The van der Waals surface area contributed by atoms with Crippen molar-refractivity contribution in [3.63, 3.8) is 0 Å². The second kappa shape index (κ2) is 8.57. The van der Waals surface area contributed by atoms with Gasteiger partial charge >= 0.3 is 0 Å². The van der Waals surface area contributed by atoms with Gasteiger partial charge in [-0.3, -0.25) is 4.79 Å². The Morgan fingerprint density at radius 1 is 1.16 bits per heavy atom. The lowest BCUT2D eigenvalue weighted by molar-refractivity contribution is -0.115. The highest BCUT2D eigenvalue weighted by atomic mass is 16.1. The van der Waals surface area contributed by atoms with E-state index in [1.807, 2.05) is 25.1 Å². The van der Waals surface area contributed by atoms with Crippen molar-refractivity contribution in [1.29, 1.82) is 0 Å². The summed E-state index contributed by atoms with van der Waals surface area (Å²) in [5.41, 5.74) is 3.20. The fraction of sp³-hybridized carbons (Fsp3) is 0.562. The monoisotopic (exact) mass is 262 g/mol. The number of benzene rings is 1. The van der Waals surface area contributed by atoms with Crippen LogP contribution in [0, 0.1) is 6.92 Å². The Hall–Kier alpha value is -1.51. The van der Waals surface area contributed by atoms with Gasteiger partial charge in [0, 0.05) is 24.3 Å². The number of rotatable bonds is 8. The maximum Gasteiger partial charge on any atom is 0.224 e. The van der Waals surface area contributed by atoms with Crippen molar-refractivity contribution in [3.8, 4) is 0 Å². The second-order valence-electron chi connectivity index (χ2n) is 4.92. The van der Waals surface area contributed by atoms with Crippen LogP contribution in [0.3, 0.4) is 0 Å². The van der Waals surface area contributed by atoms with Crippen LogP contribution in [0.5, 0.6) is 0 Å². The number of carbonyl (C=O) groups excluding carboxylic acids is 1. The standard InChI is InChI=1S/C16H26N2O/c1-4-6-7-8-11-17-15-12-14(10-9-13(15)3)18-16(19)5-2/h9-10,12,17H,4-8,11H2,1-3H3,(H,18,19). The largest absolute Gasteiger partial charge is 0.385 e. The number of carbonyl (C=O) groups is 1. The van der Waals surface area contributed by atoms with E-state index in [0.29, 0.717) is 6.42 Å². The number of nitrogens with one attached hydrogen (secondary N) is 2. The molecule has 0 atom stereocenters. The van der Waals surface area contributed by atoms with Crippen LogP contribution in [0.15, 0.2) is 18.2 Å². The fourth-order valence-electron chi connectivity index (χ4n) is 1.91. The van der Waals surface area contributed by atoms with Crippen molar-refractivity contribution in [2.24, 2.45) is 0 Å². The van der Waals surface area contributed by atoms with Crippen LogP contribution in [0.25, 0.3) is 0 Å². The zero-order chi connectivity index (χ0) is 14.1. The summed E-state index contributed by atoms with van der Waals surface area (Å²) in [6, 6.07) is 6.01. The minimum Gasteiger partial charge on any atom is -0.385 e. The molecule has 1 aromatic carbocycles. The smallest absolute Gasteiger partial charge is 0.224 e. The molecule has 106 valence electrons. The summed E-state index contributed by atoms with van der Waals surface area (Å²) >= 11 is 0. The minimum absolute atomic E-state index is 0.0535. The summed E-state index contributed by atoms with van der Waals surface area (Å²) in [5.74, 6) is 0.0535. The Labute approximate surface area is 116 Å². The molecule has 0 unspecified atom stereocenters. The van der Waals surface area contributed by atoms with E-state index in [1.165, 1.54) is 31.2 Å². The maximum atomic E-state index is 11.4. The normalized spacial score (nSPS) is 10.3. The molecule has 0 bridgehead atoms. The highest BCUT2D eigenvalue weighted by molar-refractivity contribution is 5.91. The summed E-state index contributed by atoms with van der Waals surface area (Å²) in [6.07, 6.45) is 5.53. The number of hydrogen-bond acceptors (Lipinski definition) is 2. The van der Waals surface area contributed by atoms with Gasteiger partial charge in [0.05, 0.1) is 0 Å². The van der Waals surface area contributed by atoms with Crippen LogP contribution < -0.4 is 10.6 Å².